The Labute approximate surface area is 157 Å². The molecule has 2 aromatic carbocycles. The monoisotopic (exact) mass is 386 g/mol. The SMILES string of the molecule is O=C(O)C(C(=O)O)c1ccc(/N=N/c2ccc(C(C(=O)O)C(=O)O)cc2)cc1. The first-order valence-electron chi connectivity index (χ1n) is 7.73. The molecule has 0 aliphatic heterocycles. The summed E-state index contributed by atoms with van der Waals surface area (Å²) in [6.07, 6.45) is 0. The molecular weight excluding hydrogens is 372 g/mol. The van der Waals surface area contributed by atoms with Crippen molar-refractivity contribution in [2.45, 2.75) is 11.8 Å². The van der Waals surface area contributed by atoms with Crippen LogP contribution in [0.3, 0.4) is 0 Å². The van der Waals surface area contributed by atoms with Crippen LogP contribution in [0.1, 0.15) is 23.0 Å². The minimum Gasteiger partial charge on any atom is -0.480 e. The first kappa shape index (κ1) is 20.2. The molecule has 0 heterocycles. The lowest BCUT2D eigenvalue weighted by Crippen LogP contribution is -2.20. The Balaban J connectivity index is 2.16. The minimum atomic E-state index is -1.69. The molecule has 0 unspecified atom stereocenters. The number of nitrogens with zero attached hydrogens (tertiary/aromatic N) is 2. The van der Waals surface area contributed by atoms with Gasteiger partial charge in [-0.1, -0.05) is 24.3 Å². The number of rotatable bonds is 8. The number of hydrogen-bond donors (Lipinski definition) is 4. The number of aliphatic carboxylic acids is 4. The molecule has 4 N–H and O–H groups in total. The molecule has 0 spiro atoms. The van der Waals surface area contributed by atoms with Crippen molar-refractivity contribution in [2.24, 2.45) is 10.2 Å². The van der Waals surface area contributed by atoms with Gasteiger partial charge in [-0.2, -0.15) is 10.2 Å². The van der Waals surface area contributed by atoms with Crippen LogP contribution in [0.4, 0.5) is 11.4 Å². The Morgan fingerprint density at radius 3 is 1.00 bits per heavy atom. The Morgan fingerprint density at radius 1 is 0.536 bits per heavy atom. The molecule has 0 saturated heterocycles. The number of azo groups is 1. The zero-order chi connectivity index (χ0) is 20.8. The number of carboxylic acid groups (broad SMARTS) is 4. The standard InChI is InChI=1S/C18H14N2O8/c21-15(22)13(16(23)24)9-1-5-11(6-2-9)19-20-12-7-3-10(4-8-12)14(17(25)26)18(27)28/h1-8,13-14H,(H,21,22)(H,23,24)(H,25,26)(H,27,28)/b20-19+. The summed E-state index contributed by atoms with van der Waals surface area (Å²) in [7, 11) is 0. The van der Waals surface area contributed by atoms with Crippen LogP contribution in [0, 0.1) is 0 Å². The minimum absolute atomic E-state index is 0.0803. The van der Waals surface area contributed by atoms with Gasteiger partial charge in [0.15, 0.2) is 11.8 Å². The smallest absolute Gasteiger partial charge is 0.322 e. The quantitative estimate of drug-likeness (QED) is 0.395. The zero-order valence-electron chi connectivity index (χ0n) is 14.1. The summed E-state index contributed by atoms with van der Waals surface area (Å²) < 4.78 is 0. The third-order valence-corrected chi connectivity index (χ3v) is 3.72. The molecule has 10 nitrogen and oxygen atoms in total. The number of carbonyl (C=O) groups is 4. The lowest BCUT2D eigenvalue weighted by Gasteiger charge is -2.07. The second-order valence-electron chi connectivity index (χ2n) is 5.60. The van der Waals surface area contributed by atoms with Crippen molar-refractivity contribution >= 4 is 35.3 Å². The molecule has 0 bridgehead atoms. The van der Waals surface area contributed by atoms with Crippen LogP contribution >= 0.6 is 0 Å². The van der Waals surface area contributed by atoms with Crippen molar-refractivity contribution in [3.05, 3.63) is 59.7 Å². The summed E-state index contributed by atoms with van der Waals surface area (Å²) in [5, 5.41) is 43.6. The van der Waals surface area contributed by atoms with Gasteiger partial charge in [-0.3, -0.25) is 19.2 Å². The van der Waals surface area contributed by atoms with E-state index in [1.54, 1.807) is 0 Å². The second kappa shape index (κ2) is 8.54. The predicted octanol–water partition coefficient (Wildman–Crippen LogP) is 2.61. The van der Waals surface area contributed by atoms with Crippen molar-refractivity contribution in [1.82, 2.24) is 0 Å². The summed E-state index contributed by atoms with van der Waals surface area (Å²) >= 11 is 0. The van der Waals surface area contributed by atoms with Crippen LogP contribution in [0.5, 0.6) is 0 Å². The van der Waals surface area contributed by atoms with Gasteiger partial charge in [-0.05, 0) is 35.4 Å². The maximum atomic E-state index is 11.0. The fraction of sp³-hybridized carbons (Fsp3) is 0.111. The van der Waals surface area contributed by atoms with E-state index in [2.05, 4.69) is 10.2 Å². The lowest BCUT2D eigenvalue weighted by molar-refractivity contribution is -0.152. The molecule has 0 atom stereocenters. The van der Waals surface area contributed by atoms with E-state index in [1.807, 2.05) is 0 Å². The first-order chi connectivity index (χ1) is 13.2. The van der Waals surface area contributed by atoms with E-state index in [4.69, 9.17) is 20.4 Å². The fourth-order valence-corrected chi connectivity index (χ4v) is 2.36. The molecule has 0 fully saturated rings. The number of benzene rings is 2. The van der Waals surface area contributed by atoms with Crippen LogP contribution in [0.2, 0.25) is 0 Å². The summed E-state index contributed by atoms with van der Waals surface area (Å²) in [6, 6.07) is 10.9. The Hall–Kier alpha value is -4.08. The van der Waals surface area contributed by atoms with Gasteiger partial charge in [0.05, 0.1) is 11.4 Å². The van der Waals surface area contributed by atoms with Crippen molar-refractivity contribution in [2.75, 3.05) is 0 Å². The van der Waals surface area contributed by atoms with Crippen molar-refractivity contribution < 1.29 is 39.6 Å². The topological polar surface area (TPSA) is 174 Å². The average molecular weight is 386 g/mol. The zero-order valence-corrected chi connectivity index (χ0v) is 14.1. The average Bonchev–Trinajstić information content (AvgIpc) is 2.61. The molecule has 0 radical (unpaired) electrons. The van der Waals surface area contributed by atoms with Gasteiger partial charge in [0, 0.05) is 0 Å². The van der Waals surface area contributed by atoms with Crippen LogP contribution in [-0.4, -0.2) is 44.3 Å². The van der Waals surface area contributed by atoms with Gasteiger partial charge in [0.2, 0.25) is 0 Å². The van der Waals surface area contributed by atoms with E-state index in [0.29, 0.717) is 11.4 Å². The fourth-order valence-electron chi connectivity index (χ4n) is 2.36. The summed E-state index contributed by atoms with van der Waals surface area (Å²) in [4.78, 5) is 44.0. The van der Waals surface area contributed by atoms with Crippen LogP contribution < -0.4 is 0 Å². The molecule has 28 heavy (non-hydrogen) atoms. The molecule has 0 amide bonds. The molecule has 144 valence electrons. The van der Waals surface area contributed by atoms with E-state index < -0.39 is 35.7 Å². The third kappa shape index (κ3) is 4.75. The van der Waals surface area contributed by atoms with Crippen LogP contribution in [0.15, 0.2) is 58.8 Å². The second-order valence-corrected chi connectivity index (χ2v) is 5.60. The highest BCUT2D eigenvalue weighted by Crippen LogP contribution is 2.24. The van der Waals surface area contributed by atoms with Gasteiger partial charge < -0.3 is 20.4 Å². The Morgan fingerprint density at radius 2 is 0.786 bits per heavy atom. The molecule has 2 rings (SSSR count). The number of carboxylic acids is 4. The molecule has 2 aromatic rings. The normalized spacial score (nSPS) is 11.1. The Kier molecular flexibility index (Phi) is 6.17. The van der Waals surface area contributed by atoms with Crippen molar-refractivity contribution in [3.63, 3.8) is 0 Å². The highest BCUT2D eigenvalue weighted by molar-refractivity contribution is 5.99. The van der Waals surface area contributed by atoms with Gasteiger partial charge in [0.1, 0.15) is 0 Å². The van der Waals surface area contributed by atoms with E-state index in [9.17, 15) is 19.2 Å². The molecule has 0 aliphatic carbocycles. The van der Waals surface area contributed by atoms with Crippen LogP contribution in [-0.2, 0) is 19.2 Å². The van der Waals surface area contributed by atoms with E-state index >= 15 is 0 Å². The van der Waals surface area contributed by atoms with Gasteiger partial charge in [0.25, 0.3) is 0 Å². The highest BCUT2D eigenvalue weighted by atomic mass is 16.4. The molecule has 10 heteroatoms. The van der Waals surface area contributed by atoms with Crippen LogP contribution in [0.25, 0.3) is 0 Å². The summed E-state index contributed by atoms with van der Waals surface area (Å²) in [6.45, 7) is 0. The lowest BCUT2D eigenvalue weighted by atomic mass is 9.99. The molecule has 0 aromatic heterocycles. The maximum absolute atomic E-state index is 11.0. The van der Waals surface area contributed by atoms with E-state index in [0.717, 1.165) is 0 Å². The largest absolute Gasteiger partial charge is 0.480 e. The van der Waals surface area contributed by atoms with E-state index in [1.165, 1.54) is 48.5 Å². The molecule has 0 saturated carbocycles. The Bertz CT molecular complexity index is 830. The number of hydrogen-bond acceptors (Lipinski definition) is 6. The van der Waals surface area contributed by atoms with E-state index in [-0.39, 0.29) is 11.1 Å². The van der Waals surface area contributed by atoms with Crippen molar-refractivity contribution in [1.29, 1.82) is 0 Å². The van der Waals surface area contributed by atoms with Crippen molar-refractivity contribution in [3.8, 4) is 0 Å². The summed E-state index contributed by atoms with van der Waals surface area (Å²) in [5.41, 5.74) is 0.820. The molecular formula is C18H14N2O8. The molecule has 0 aliphatic rings. The summed E-state index contributed by atoms with van der Waals surface area (Å²) in [5.74, 6) is -9.30. The predicted molar refractivity (Wildman–Crippen MR) is 93.1 cm³/mol. The third-order valence-electron chi connectivity index (χ3n) is 3.72. The maximum Gasteiger partial charge on any atom is 0.322 e. The van der Waals surface area contributed by atoms with Gasteiger partial charge >= 0.3 is 23.9 Å². The van der Waals surface area contributed by atoms with Gasteiger partial charge in [-0.15, -0.1) is 0 Å². The van der Waals surface area contributed by atoms with Gasteiger partial charge in [-0.25, -0.2) is 0 Å². The first-order valence-corrected chi connectivity index (χ1v) is 7.73. The highest BCUT2D eigenvalue weighted by Gasteiger charge is 2.28.